The third kappa shape index (κ3) is 1.30. The van der Waals surface area contributed by atoms with Gasteiger partial charge in [0, 0.05) is 5.38 Å². The Balaban J connectivity index is 2.18. The van der Waals surface area contributed by atoms with Crippen LogP contribution in [-0.2, 0) is 6.54 Å². The number of rotatable bonds is 1. The van der Waals surface area contributed by atoms with Crippen molar-refractivity contribution in [2.24, 2.45) is 0 Å². The highest BCUT2D eigenvalue weighted by Gasteiger charge is 2.27. The first-order valence-corrected chi connectivity index (χ1v) is 5.41. The van der Waals surface area contributed by atoms with Crippen LogP contribution in [0, 0.1) is 0 Å². The van der Waals surface area contributed by atoms with E-state index in [2.05, 4.69) is 15.5 Å². The van der Waals surface area contributed by atoms with Crippen molar-refractivity contribution in [3.05, 3.63) is 22.2 Å². The topological polar surface area (TPSA) is 68.0 Å². The van der Waals surface area contributed by atoms with Gasteiger partial charge in [0.1, 0.15) is 11.4 Å². The summed E-state index contributed by atoms with van der Waals surface area (Å²) in [6.07, 6.45) is 0. The first kappa shape index (κ1) is 8.75. The highest BCUT2D eigenvalue weighted by Crippen LogP contribution is 2.27. The summed E-state index contributed by atoms with van der Waals surface area (Å²) in [5.74, 6) is 0.620. The number of Topliss-reactive ketones (excluding diaryl/α,β-unsaturated/α-hetero) is 1. The van der Waals surface area contributed by atoms with Gasteiger partial charge in [-0.15, -0.1) is 11.3 Å². The fourth-order valence-corrected chi connectivity index (χ4v) is 2.15. The van der Waals surface area contributed by atoms with Gasteiger partial charge in [-0.2, -0.15) is 0 Å². The number of ketones is 1. The van der Waals surface area contributed by atoms with Gasteiger partial charge >= 0.3 is 0 Å². The standard InChI is InChI=1S/C9H7N3O2S/c13-6-1-10-2-7-8(6)9(12-14-7)5-3-15-4-11-5/h3-4,10H,1-2H2. The zero-order valence-electron chi connectivity index (χ0n) is 7.69. The molecule has 1 N–H and O–H groups in total. The van der Waals surface area contributed by atoms with Crippen molar-refractivity contribution in [1.82, 2.24) is 15.5 Å². The Kier molecular flexibility index (Phi) is 1.90. The largest absolute Gasteiger partial charge is 0.359 e. The monoisotopic (exact) mass is 221 g/mol. The molecule has 76 valence electrons. The summed E-state index contributed by atoms with van der Waals surface area (Å²) in [5, 5.41) is 8.70. The Hall–Kier alpha value is -1.53. The van der Waals surface area contributed by atoms with Gasteiger partial charge in [-0.1, -0.05) is 5.16 Å². The molecule has 15 heavy (non-hydrogen) atoms. The zero-order chi connectivity index (χ0) is 10.3. The summed E-state index contributed by atoms with van der Waals surface area (Å²) in [6.45, 7) is 0.892. The lowest BCUT2D eigenvalue weighted by Crippen LogP contribution is -2.29. The van der Waals surface area contributed by atoms with E-state index in [1.54, 1.807) is 5.51 Å². The molecule has 2 aromatic heterocycles. The van der Waals surface area contributed by atoms with Crippen molar-refractivity contribution in [3.63, 3.8) is 0 Å². The molecule has 3 rings (SSSR count). The Morgan fingerprint density at radius 3 is 3.20 bits per heavy atom. The highest BCUT2D eigenvalue weighted by molar-refractivity contribution is 7.07. The Labute approximate surface area is 89.1 Å². The number of nitrogens with one attached hydrogen (secondary N) is 1. The van der Waals surface area contributed by atoms with Gasteiger partial charge in [0.2, 0.25) is 0 Å². The van der Waals surface area contributed by atoms with Gasteiger partial charge in [0.25, 0.3) is 0 Å². The van der Waals surface area contributed by atoms with Crippen molar-refractivity contribution in [2.45, 2.75) is 6.54 Å². The first-order chi connectivity index (χ1) is 7.36. The van der Waals surface area contributed by atoms with E-state index in [1.807, 2.05) is 5.38 Å². The molecule has 0 atom stereocenters. The smallest absolute Gasteiger partial charge is 0.182 e. The maximum absolute atomic E-state index is 11.7. The molecule has 6 heteroatoms. The maximum atomic E-state index is 11.7. The first-order valence-electron chi connectivity index (χ1n) is 4.47. The number of carbonyl (C=O) groups excluding carboxylic acids is 1. The lowest BCUT2D eigenvalue weighted by atomic mass is 10.0. The minimum atomic E-state index is 0.0144. The minimum absolute atomic E-state index is 0.0144. The summed E-state index contributed by atoms with van der Waals surface area (Å²) in [4.78, 5) is 15.8. The second-order valence-corrected chi connectivity index (χ2v) is 3.95. The lowest BCUT2D eigenvalue weighted by Gasteiger charge is -2.09. The van der Waals surface area contributed by atoms with E-state index in [0.29, 0.717) is 35.8 Å². The van der Waals surface area contributed by atoms with Crippen LogP contribution >= 0.6 is 11.3 Å². The van der Waals surface area contributed by atoms with Crippen LogP contribution < -0.4 is 5.32 Å². The van der Waals surface area contributed by atoms with Gasteiger partial charge in [-0.3, -0.25) is 4.79 Å². The molecule has 3 heterocycles. The summed E-state index contributed by atoms with van der Waals surface area (Å²) in [5.41, 5.74) is 3.57. The number of nitrogens with zero attached hydrogens (tertiary/aromatic N) is 2. The summed E-state index contributed by atoms with van der Waals surface area (Å²) in [7, 11) is 0. The van der Waals surface area contributed by atoms with E-state index in [0.717, 1.165) is 0 Å². The van der Waals surface area contributed by atoms with Crippen LogP contribution in [0.1, 0.15) is 16.1 Å². The molecule has 0 fully saturated rings. The SMILES string of the molecule is O=C1CNCc2onc(-c3cscn3)c21. The van der Waals surface area contributed by atoms with E-state index in [-0.39, 0.29) is 5.78 Å². The molecule has 0 unspecified atom stereocenters. The van der Waals surface area contributed by atoms with Crippen molar-refractivity contribution in [2.75, 3.05) is 6.54 Å². The van der Waals surface area contributed by atoms with E-state index in [4.69, 9.17) is 4.52 Å². The fraction of sp³-hybridized carbons (Fsp3) is 0.222. The predicted octanol–water partition coefficient (Wildman–Crippen LogP) is 1.08. The van der Waals surface area contributed by atoms with E-state index in [9.17, 15) is 4.79 Å². The molecule has 0 saturated carbocycles. The van der Waals surface area contributed by atoms with Crippen molar-refractivity contribution < 1.29 is 9.32 Å². The normalized spacial score (nSPS) is 15.3. The van der Waals surface area contributed by atoms with Crippen LogP contribution in [0.5, 0.6) is 0 Å². The molecule has 1 aliphatic rings. The Morgan fingerprint density at radius 2 is 2.40 bits per heavy atom. The molecule has 1 aliphatic heterocycles. The van der Waals surface area contributed by atoms with Crippen LogP contribution in [0.25, 0.3) is 11.4 Å². The summed E-state index contributed by atoms with van der Waals surface area (Å²) in [6, 6.07) is 0. The number of carbonyl (C=O) groups is 1. The molecular weight excluding hydrogens is 214 g/mol. The molecule has 0 bridgehead atoms. The van der Waals surface area contributed by atoms with Gasteiger partial charge in [0.15, 0.2) is 11.5 Å². The molecule has 0 aliphatic carbocycles. The minimum Gasteiger partial charge on any atom is -0.359 e. The number of thiazole rings is 1. The van der Waals surface area contributed by atoms with Crippen LogP contribution in [0.15, 0.2) is 15.4 Å². The summed E-state index contributed by atoms with van der Waals surface area (Å²) < 4.78 is 5.11. The van der Waals surface area contributed by atoms with Crippen LogP contribution in [0.4, 0.5) is 0 Å². The molecule has 0 aromatic carbocycles. The second-order valence-electron chi connectivity index (χ2n) is 3.23. The van der Waals surface area contributed by atoms with Crippen molar-refractivity contribution in [1.29, 1.82) is 0 Å². The van der Waals surface area contributed by atoms with Gasteiger partial charge in [0.05, 0.1) is 24.2 Å². The average Bonchev–Trinajstić information content (AvgIpc) is 2.85. The molecule has 2 aromatic rings. The Bertz CT molecular complexity index is 503. The van der Waals surface area contributed by atoms with Crippen LogP contribution in [0.2, 0.25) is 0 Å². The molecule has 0 spiro atoms. The molecule has 5 nitrogen and oxygen atoms in total. The number of hydrogen-bond donors (Lipinski definition) is 1. The third-order valence-corrected chi connectivity index (χ3v) is 2.87. The van der Waals surface area contributed by atoms with Crippen LogP contribution in [0.3, 0.4) is 0 Å². The maximum Gasteiger partial charge on any atom is 0.182 e. The predicted molar refractivity (Wildman–Crippen MR) is 53.6 cm³/mol. The van der Waals surface area contributed by atoms with Crippen molar-refractivity contribution >= 4 is 17.1 Å². The zero-order valence-corrected chi connectivity index (χ0v) is 8.50. The number of fused-ring (bicyclic) bond motifs is 1. The van der Waals surface area contributed by atoms with E-state index in [1.165, 1.54) is 11.3 Å². The quantitative estimate of drug-likeness (QED) is 0.780. The highest BCUT2D eigenvalue weighted by atomic mass is 32.1. The van der Waals surface area contributed by atoms with Gasteiger partial charge in [-0.25, -0.2) is 4.98 Å². The lowest BCUT2D eigenvalue weighted by molar-refractivity contribution is 0.0979. The molecule has 0 radical (unpaired) electrons. The van der Waals surface area contributed by atoms with Gasteiger partial charge in [-0.05, 0) is 0 Å². The fourth-order valence-electron chi connectivity index (χ4n) is 1.61. The molecule has 0 saturated heterocycles. The average molecular weight is 221 g/mol. The van der Waals surface area contributed by atoms with Gasteiger partial charge < -0.3 is 9.84 Å². The van der Waals surface area contributed by atoms with E-state index >= 15 is 0 Å². The number of hydrogen-bond acceptors (Lipinski definition) is 6. The molecule has 0 amide bonds. The Morgan fingerprint density at radius 1 is 1.47 bits per heavy atom. The van der Waals surface area contributed by atoms with Crippen LogP contribution in [-0.4, -0.2) is 22.5 Å². The second kappa shape index (κ2) is 3.25. The van der Waals surface area contributed by atoms with E-state index < -0.39 is 0 Å². The summed E-state index contributed by atoms with van der Waals surface area (Å²) >= 11 is 1.47. The number of aromatic nitrogens is 2. The van der Waals surface area contributed by atoms with Crippen molar-refractivity contribution in [3.8, 4) is 11.4 Å². The molecular formula is C9H7N3O2S. The third-order valence-electron chi connectivity index (χ3n) is 2.29.